The Balaban J connectivity index is 1.54. The number of aromatic nitrogens is 2. The highest BCUT2D eigenvalue weighted by Gasteiger charge is 2.17. The molecule has 3 heterocycles. The molecule has 3 N–H and O–H groups in total. The standard InChI is InChI=1S/C30H40N6O2/c1-6-31-28-16-24(23-8-9-25(32-17-23)19-36-11-7-10-35(5)12-13-36)15-26(22(28)4)29(37)33-18-27-20(2)14-21(3)34-30(27)38/h8-9,14-17,31H,6-7,10-13,18-19H2,1-5H3,(H,33,37)(H,34,38). The van der Waals surface area contributed by atoms with Gasteiger partial charge in [-0.1, -0.05) is 6.07 Å². The highest BCUT2D eigenvalue weighted by atomic mass is 16.1. The van der Waals surface area contributed by atoms with Crippen molar-refractivity contribution in [2.45, 2.75) is 47.2 Å². The van der Waals surface area contributed by atoms with Crippen LogP contribution in [0, 0.1) is 20.8 Å². The summed E-state index contributed by atoms with van der Waals surface area (Å²) in [4.78, 5) is 38.1. The highest BCUT2D eigenvalue weighted by Crippen LogP contribution is 2.29. The minimum Gasteiger partial charge on any atom is -0.385 e. The SMILES string of the molecule is CCNc1cc(-c2ccc(CN3CCCN(C)CC3)nc2)cc(C(=O)NCc2c(C)cc(C)[nH]c2=O)c1C. The van der Waals surface area contributed by atoms with Gasteiger partial charge in [-0.15, -0.1) is 0 Å². The maximum atomic E-state index is 13.3. The van der Waals surface area contributed by atoms with Crippen LogP contribution in [0.3, 0.4) is 0 Å². The van der Waals surface area contributed by atoms with Gasteiger partial charge in [0.1, 0.15) is 0 Å². The normalized spacial score (nSPS) is 14.8. The third-order valence-electron chi connectivity index (χ3n) is 7.29. The molecule has 38 heavy (non-hydrogen) atoms. The quantitative estimate of drug-likeness (QED) is 0.421. The minimum absolute atomic E-state index is 0.167. The lowest BCUT2D eigenvalue weighted by molar-refractivity contribution is 0.0950. The first-order valence-corrected chi connectivity index (χ1v) is 13.5. The molecule has 1 amide bonds. The van der Waals surface area contributed by atoms with E-state index < -0.39 is 0 Å². The van der Waals surface area contributed by atoms with E-state index >= 15 is 0 Å². The van der Waals surface area contributed by atoms with E-state index in [1.165, 1.54) is 6.42 Å². The van der Waals surface area contributed by atoms with Crippen molar-refractivity contribution in [2.24, 2.45) is 0 Å². The number of rotatable bonds is 8. The summed E-state index contributed by atoms with van der Waals surface area (Å²) in [5.41, 5.74) is 7.38. The van der Waals surface area contributed by atoms with Gasteiger partial charge in [0.15, 0.2) is 0 Å². The van der Waals surface area contributed by atoms with Crippen molar-refractivity contribution in [3.63, 3.8) is 0 Å². The van der Waals surface area contributed by atoms with Gasteiger partial charge in [0, 0.05) is 67.0 Å². The van der Waals surface area contributed by atoms with Crippen LogP contribution in [-0.2, 0) is 13.1 Å². The molecule has 1 aliphatic heterocycles. The second-order valence-corrected chi connectivity index (χ2v) is 10.3. The fraction of sp³-hybridized carbons (Fsp3) is 0.433. The largest absolute Gasteiger partial charge is 0.385 e. The molecule has 0 radical (unpaired) electrons. The molecule has 0 spiro atoms. The maximum Gasteiger partial charge on any atom is 0.253 e. The van der Waals surface area contributed by atoms with E-state index in [0.717, 1.165) is 78.6 Å². The molecule has 3 aromatic rings. The van der Waals surface area contributed by atoms with E-state index in [2.05, 4.69) is 50.7 Å². The molecule has 0 aliphatic carbocycles. The van der Waals surface area contributed by atoms with Gasteiger partial charge in [-0.05, 0) is 95.2 Å². The average molecular weight is 517 g/mol. The Labute approximate surface area is 225 Å². The molecule has 0 saturated carbocycles. The second-order valence-electron chi connectivity index (χ2n) is 10.3. The third kappa shape index (κ3) is 6.68. The van der Waals surface area contributed by atoms with Gasteiger partial charge >= 0.3 is 0 Å². The lowest BCUT2D eigenvalue weighted by Gasteiger charge is -2.20. The molecule has 1 aromatic carbocycles. The number of H-pyrrole nitrogens is 1. The van der Waals surface area contributed by atoms with E-state index in [4.69, 9.17) is 4.98 Å². The molecule has 0 unspecified atom stereocenters. The maximum absolute atomic E-state index is 13.3. The van der Waals surface area contributed by atoms with Crippen LogP contribution in [0.25, 0.3) is 11.1 Å². The lowest BCUT2D eigenvalue weighted by atomic mass is 9.97. The Morgan fingerprint density at radius 1 is 1.05 bits per heavy atom. The van der Waals surface area contributed by atoms with Crippen molar-refractivity contribution in [1.29, 1.82) is 0 Å². The van der Waals surface area contributed by atoms with Crippen molar-refractivity contribution < 1.29 is 4.79 Å². The zero-order chi connectivity index (χ0) is 27.2. The third-order valence-corrected chi connectivity index (χ3v) is 7.29. The number of hydrogen-bond donors (Lipinski definition) is 3. The van der Waals surface area contributed by atoms with Crippen LogP contribution >= 0.6 is 0 Å². The van der Waals surface area contributed by atoms with Crippen LogP contribution in [0.4, 0.5) is 5.69 Å². The number of likely N-dealkylation sites (N-methyl/N-ethyl adjacent to an activating group) is 1. The highest BCUT2D eigenvalue weighted by molar-refractivity contribution is 5.98. The number of carbonyl (C=O) groups is 1. The van der Waals surface area contributed by atoms with E-state index in [0.29, 0.717) is 11.1 Å². The molecule has 8 nitrogen and oxygen atoms in total. The summed E-state index contributed by atoms with van der Waals surface area (Å²) in [5.74, 6) is -0.210. The van der Waals surface area contributed by atoms with Crippen LogP contribution < -0.4 is 16.2 Å². The van der Waals surface area contributed by atoms with Crippen molar-refractivity contribution in [3.05, 3.63) is 80.5 Å². The molecule has 8 heteroatoms. The van der Waals surface area contributed by atoms with Gasteiger partial charge in [-0.3, -0.25) is 19.5 Å². The molecular formula is C30H40N6O2. The fourth-order valence-corrected chi connectivity index (χ4v) is 5.03. The van der Waals surface area contributed by atoms with E-state index in [1.807, 2.05) is 46.0 Å². The summed E-state index contributed by atoms with van der Waals surface area (Å²) in [7, 11) is 2.18. The molecule has 2 aromatic heterocycles. The monoisotopic (exact) mass is 516 g/mol. The number of aryl methyl sites for hydroxylation is 2. The van der Waals surface area contributed by atoms with Gasteiger partial charge in [0.25, 0.3) is 11.5 Å². The number of amides is 1. The Morgan fingerprint density at radius 3 is 2.58 bits per heavy atom. The van der Waals surface area contributed by atoms with Gasteiger partial charge in [-0.25, -0.2) is 0 Å². The Bertz CT molecular complexity index is 1330. The van der Waals surface area contributed by atoms with Crippen molar-refractivity contribution in [1.82, 2.24) is 25.1 Å². The lowest BCUT2D eigenvalue weighted by Crippen LogP contribution is -2.28. The predicted molar refractivity (Wildman–Crippen MR) is 154 cm³/mol. The summed E-state index contributed by atoms with van der Waals surface area (Å²) in [6.45, 7) is 13.8. The molecule has 0 bridgehead atoms. The van der Waals surface area contributed by atoms with E-state index in [-0.39, 0.29) is 18.0 Å². The van der Waals surface area contributed by atoms with Gasteiger partial charge < -0.3 is 20.5 Å². The summed E-state index contributed by atoms with van der Waals surface area (Å²) in [6, 6.07) is 10.1. The zero-order valence-electron chi connectivity index (χ0n) is 23.3. The van der Waals surface area contributed by atoms with E-state index in [9.17, 15) is 9.59 Å². The first kappa shape index (κ1) is 27.5. The minimum atomic E-state index is -0.210. The number of anilines is 1. The van der Waals surface area contributed by atoms with Crippen molar-refractivity contribution in [2.75, 3.05) is 45.1 Å². The number of nitrogens with one attached hydrogen (secondary N) is 3. The van der Waals surface area contributed by atoms with Crippen LogP contribution in [0.5, 0.6) is 0 Å². The first-order chi connectivity index (χ1) is 18.2. The fourth-order valence-electron chi connectivity index (χ4n) is 5.03. The smallest absolute Gasteiger partial charge is 0.253 e. The number of pyridine rings is 2. The van der Waals surface area contributed by atoms with E-state index in [1.54, 1.807) is 0 Å². The number of hydrogen-bond acceptors (Lipinski definition) is 6. The Hall–Kier alpha value is -3.49. The van der Waals surface area contributed by atoms with Crippen molar-refractivity contribution in [3.8, 4) is 11.1 Å². The first-order valence-electron chi connectivity index (χ1n) is 13.5. The number of aromatic amines is 1. The molecule has 202 valence electrons. The predicted octanol–water partition coefficient (Wildman–Crippen LogP) is 3.86. The molecule has 1 saturated heterocycles. The molecule has 1 fully saturated rings. The molecule has 0 atom stereocenters. The average Bonchev–Trinajstić information content (AvgIpc) is 3.08. The van der Waals surface area contributed by atoms with Gasteiger partial charge in [-0.2, -0.15) is 0 Å². The van der Waals surface area contributed by atoms with Crippen LogP contribution in [-0.4, -0.2) is 65.4 Å². The van der Waals surface area contributed by atoms with Gasteiger partial charge in [0.05, 0.1) is 5.69 Å². The number of benzene rings is 1. The van der Waals surface area contributed by atoms with Crippen molar-refractivity contribution >= 4 is 11.6 Å². The summed E-state index contributed by atoms with van der Waals surface area (Å²) in [6.07, 6.45) is 3.07. The van der Waals surface area contributed by atoms with Gasteiger partial charge in [0.2, 0.25) is 0 Å². The molecule has 1 aliphatic rings. The van der Waals surface area contributed by atoms with Crippen LogP contribution in [0.1, 0.15) is 51.8 Å². The summed E-state index contributed by atoms with van der Waals surface area (Å²) in [5, 5.41) is 6.35. The summed E-state index contributed by atoms with van der Waals surface area (Å²) >= 11 is 0. The van der Waals surface area contributed by atoms with Crippen LogP contribution in [0.15, 0.2) is 41.3 Å². The van der Waals surface area contributed by atoms with Crippen LogP contribution in [0.2, 0.25) is 0 Å². The summed E-state index contributed by atoms with van der Waals surface area (Å²) < 4.78 is 0. The zero-order valence-corrected chi connectivity index (χ0v) is 23.3. The molecular weight excluding hydrogens is 476 g/mol. The second kappa shape index (κ2) is 12.4. The number of carbonyl (C=O) groups excluding carboxylic acids is 1. The topological polar surface area (TPSA) is 93.4 Å². The Kier molecular flexibility index (Phi) is 8.97. The number of nitrogens with zero attached hydrogens (tertiary/aromatic N) is 3. The Morgan fingerprint density at radius 2 is 1.87 bits per heavy atom. The molecule has 4 rings (SSSR count).